The van der Waals surface area contributed by atoms with E-state index < -0.39 is 5.41 Å². The van der Waals surface area contributed by atoms with Crippen molar-refractivity contribution >= 4 is 34.1 Å². The van der Waals surface area contributed by atoms with Crippen LogP contribution in [0.25, 0.3) is 22.3 Å². The van der Waals surface area contributed by atoms with E-state index in [1.165, 1.54) is 50.1 Å². The van der Waals surface area contributed by atoms with Crippen LogP contribution in [0, 0.1) is 6.92 Å². The van der Waals surface area contributed by atoms with E-state index in [4.69, 9.17) is 5.73 Å². The Morgan fingerprint density at radius 1 is 0.447 bits per heavy atom. The van der Waals surface area contributed by atoms with E-state index in [0.29, 0.717) is 0 Å². The summed E-state index contributed by atoms with van der Waals surface area (Å²) in [6.07, 6.45) is 0. The van der Waals surface area contributed by atoms with E-state index in [1.54, 1.807) is 0 Å². The molecule has 0 aliphatic heterocycles. The highest BCUT2D eigenvalue weighted by molar-refractivity contribution is 5.97. The summed E-state index contributed by atoms with van der Waals surface area (Å²) in [6, 6.07) is 58.9. The molecule has 0 radical (unpaired) electrons. The van der Waals surface area contributed by atoms with Crippen LogP contribution in [-0.2, 0) is 5.41 Å². The van der Waals surface area contributed by atoms with E-state index in [-0.39, 0.29) is 0 Å². The lowest BCUT2D eigenvalue weighted by Gasteiger charge is -2.32. The average Bonchev–Trinajstić information content (AvgIpc) is 3.55. The molecule has 7 aromatic carbocycles. The van der Waals surface area contributed by atoms with Gasteiger partial charge in [0.25, 0.3) is 0 Å². The number of anilines is 6. The van der Waals surface area contributed by atoms with E-state index in [2.05, 4.69) is 169 Å². The van der Waals surface area contributed by atoms with Gasteiger partial charge in [0.1, 0.15) is 0 Å². The van der Waals surface area contributed by atoms with Gasteiger partial charge in [0.15, 0.2) is 0 Å². The molecule has 3 nitrogen and oxygen atoms in total. The number of para-hydroxylation sites is 3. The number of hydrogen-bond acceptors (Lipinski definition) is 3. The largest absolute Gasteiger partial charge is 0.399 e. The molecule has 0 heterocycles. The number of nitrogens with one attached hydrogen (secondary N) is 1. The van der Waals surface area contributed by atoms with Crippen LogP contribution in [0.15, 0.2) is 164 Å². The standard InChI is InChI=1S/C44H33N3/c1-29-17-21-36-38-23-19-32(46-31-11-5-2-6-12-31)27-42(38)44(40(36)25-29)41-26-30(45)18-22-37(41)39-24-20-35(28-43(39)44)47(33-13-7-3-8-14-33)34-15-9-4-10-16-34/h2-28,46H,45H2,1H3/t44-/m0/s1. The molecule has 0 aromatic heterocycles. The summed E-state index contributed by atoms with van der Waals surface area (Å²) in [5.41, 5.74) is 23.6. The highest BCUT2D eigenvalue weighted by Gasteiger charge is 2.52. The Morgan fingerprint density at radius 3 is 1.62 bits per heavy atom. The molecule has 3 N–H and O–H groups in total. The number of nitrogen functional groups attached to an aromatic ring is 1. The van der Waals surface area contributed by atoms with Crippen LogP contribution in [-0.4, -0.2) is 0 Å². The molecule has 9 rings (SSSR count). The molecule has 224 valence electrons. The van der Waals surface area contributed by atoms with Crippen LogP contribution in [0.2, 0.25) is 0 Å². The lowest BCUT2D eigenvalue weighted by molar-refractivity contribution is 0.793. The minimum Gasteiger partial charge on any atom is -0.399 e. The van der Waals surface area contributed by atoms with Gasteiger partial charge in [-0.1, -0.05) is 96.6 Å². The lowest BCUT2D eigenvalue weighted by atomic mass is 9.70. The van der Waals surface area contributed by atoms with Gasteiger partial charge in [0.05, 0.1) is 5.41 Å². The predicted molar refractivity (Wildman–Crippen MR) is 196 cm³/mol. The lowest BCUT2D eigenvalue weighted by Crippen LogP contribution is -2.26. The maximum absolute atomic E-state index is 6.63. The number of benzene rings is 7. The smallest absolute Gasteiger partial charge is 0.0727 e. The van der Waals surface area contributed by atoms with Gasteiger partial charge in [-0.15, -0.1) is 0 Å². The first-order valence-corrected chi connectivity index (χ1v) is 16.1. The average molecular weight is 604 g/mol. The van der Waals surface area contributed by atoms with Crippen molar-refractivity contribution in [3.63, 3.8) is 0 Å². The second kappa shape index (κ2) is 10.5. The van der Waals surface area contributed by atoms with E-state index >= 15 is 0 Å². The summed E-state index contributed by atoms with van der Waals surface area (Å²) >= 11 is 0. The first kappa shape index (κ1) is 27.3. The van der Waals surface area contributed by atoms with E-state index in [1.807, 2.05) is 12.1 Å². The Bertz CT molecular complexity index is 2240. The maximum atomic E-state index is 6.63. The summed E-state index contributed by atoms with van der Waals surface area (Å²) in [5, 5.41) is 3.68. The van der Waals surface area contributed by atoms with Crippen molar-refractivity contribution in [2.24, 2.45) is 0 Å². The molecule has 1 spiro atoms. The Kier molecular flexibility index (Phi) is 6.09. The zero-order chi connectivity index (χ0) is 31.5. The molecule has 0 saturated carbocycles. The van der Waals surface area contributed by atoms with Crippen LogP contribution >= 0.6 is 0 Å². The second-order valence-electron chi connectivity index (χ2n) is 12.6. The minimum absolute atomic E-state index is 0.542. The van der Waals surface area contributed by atoms with Crippen molar-refractivity contribution < 1.29 is 0 Å². The van der Waals surface area contributed by atoms with Crippen LogP contribution in [0.3, 0.4) is 0 Å². The highest BCUT2D eigenvalue weighted by atomic mass is 15.1. The van der Waals surface area contributed by atoms with Gasteiger partial charge in [-0.05, 0) is 124 Å². The van der Waals surface area contributed by atoms with Crippen molar-refractivity contribution in [3.05, 3.63) is 192 Å². The fraction of sp³-hybridized carbons (Fsp3) is 0.0455. The van der Waals surface area contributed by atoms with Gasteiger partial charge in [0.2, 0.25) is 0 Å². The fourth-order valence-corrected chi connectivity index (χ4v) is 7.85. The number of aryl methyl sites for hydroxylation is 1. The Balaban J connectivity index is 1.34. The second-order valence-corrected chi connectivity index (χ2v) is 12.6. The van der Waals surface area contributed by atoms with Crippen LogP contribution in [0.1, 0.15) is 27.8 Å². The van der Waals surface area contributed by atoms with Gasteiger partial charge >= 0.3 is 0 Å². The zero-order valence-electron chi connectivity index (χ0n) is 26.1. The summed E-state index contributed by atoms with van der Waals surface area (Å²) in [6.45, 7) is 2.19. The summed E-state index contributed by atoms with van der Waals surface area (Å²) in [4.78, 5) is 2.35. The molecular weight excluding hydrogens is 571 g/mol. The third-order valence-electron chi connectivity index (χ3n) is 9.79. The van der Waals surface area contributed by atoms with Gasteiger partial charge in [-0.3, -0.25) is 0 Å². The number of rotatable bonds is 5. The third kappa shape index (κ3) is 4.13. The van der Waals surface area contributed by atoms with Gasteiger partial charge in [-0.2, -0.15) is 0 Å². The molecule has 2 aliphatic rings. The van der Waals surface area contributed by atoms with E-state index in [0.717, 1.165) is 34.1 Å². The summed E-state index contributed by atoms with van der Waals surface area (Å²) in [5.74, 6) is 0. The van der Waals surface area contributed by atoms with Crippen molar-refractivity contribution in [2.75, 3.05) is 16.0 Å². The number of hydrogen-bond donors (Lipinski definition) is 2. The molecule has 0 bridgehead atoms. The van der Waals surface area contributed by atoms with Crippen LogP contribution in [0.4, 0.5) is 34.1 Å². The third-order valence-corrected chi connectivity index (χ3v) is 9.79. The molecule has 0 amide bonds. The molecule has 0 fully saturated rings. The first-order chi connectivity index (χ1) is 23.1. The summed E-state index contributed by atoms with van der Waals surface area (Å²) < 4.78 is 0. The van der Waals surface area contributed by atoms with Crippen molar-refractivity contribution in [1.29, 1.82) is 0 Å². The first-order valence-electron chi connectivity index (χ1n) is 16.1. The summed E-state index contributed by atoms with van der Waals surface area (Å²) in [7, 11) is 0. The quantitative estimate of drug-likeness (QED) is 0.192. The maximum Gasteiger partial charge on any atom is 0.0727 e. The van der Waals surface area contributed by atoms with Crippen LogP contribution in [0.5, 0.6) is 0 Å². The number of nitrogens with two attached hydrogens (primary N) is 1. The molecule has 0 saturated heterocycles. The van der Waals surface area contributed by atoms with Crippen molar-refractivity contribution in [2.45, 2.75) is 12.3 Å². The fourth-order valence-electron chi connectivity index (χ4n) is 7.85. The van der Waals surface area contributed by atoms with Gasteiger partial charge < -0.3 is 16.0 Å². The number of fused-ring (bicyclic) bond motifs is 10. The van der Waals surface area contributed by atoms with Crippen molar-refractivity contribution in [3.8, 4) is 22.3 Å². The molecule has 2 aliphatic carbocycles. The van der Waals surface area contributed by atoms with E-state index in [9.17, 15) is 0 Å². The Labute approximate surface area is 275 Å². The molecule has 3 heteroatoms. The normalized spacial score (nSPS) is 15.1. The molecular formula is C44H33N3. The topological polar surface area (TPSA) is 41.3 Å². The highest BCUT2D eigenvalue weighted by Crippen LogP contribution is 2.64. The molecule has 1 atom stereocenters. The SMILES string of the molecule is Cc1ccc2c(c1)[C@]1(c3cc(N)ccc3-c3ccc(N(c4ccccc4)c4ccccc4)cc31)c1cc(Nc3ccccc3)ccc1-2. The molecule has 47 heavy (non-hydrogen) atoms. The molecule has 7 aromatic rings. The minimum atomic E-state index is -0.542. The number of nitrogens with zero attached hydrogens (tertiary/aromatic N) is 1. The van der Waals surface area contributed by atoms with Gasteiger partial charge in [-0.25, -0.2) is 0 Å². The Morgan fingerprint density at radius 2 is 0.957 bits per heavy atom. The monoisotopic (exact) mass is 603 g/mol. The Hall–Kier alpha value is -6.06. The van der Waals surface area contributed by atoms with Gasteiger partial charge in [0, 0.05) is 34.1 Å². The van der Waals surface area contributed by atoms with Crippen LogP contribution < -0.4 is 16.0 Å². The predicted octanol–water partition coefficient (Wildman–Crippen LogP) is 11.1. The zero-order valence-corrected chi connectivity index (χ0v) is 26.1. The van der Waals surface area contributed by atoms with Crippen molar-refractivity contribution in [1.82, 2.24) is 0 Å². The molecule has 0 unspecified atom stereocenters.